The Labute approximate surface area is 202 Å². The van der Waals surface area contributed by atoms with Crippen molar-refractivity contribution in [2.45, 2.75) is 95.9 Å². The Hall–Kier alpha value is -1.78. The highest BCUT2D eigenvalue weighted by Gasteiger charge is 2.45. The lowest BCUT2D eigenvalue weighted by molar-refractivity contribution is -0.144. The summed E-state index contributed by atoms with van der Waals surface area (Å²) in [4.78, 5) is 14.1. The van der Waals surface area contributed by atoms with E-state index in [2.05, 4.69) is 43.0 Å². The van der Waals surface area contributed by atoms with Gasteiger partial charge in [-0.25, -0.2) is 0 Å². The minimum atomic E-state index is -0.629. The number of carbonyl (C=O) groups is 1. The molecule has 3 aliphatic rings. The van der Waals surface area contributed by atoms with E-state index >= 15 is 0 Å². The van der Waals surface area contributed by atoms with Gasteiger partial charge < -0.3 is 9.84 Å². The predicted molar refractivity (Wildman–Crippen MR) is 133 cm³/mol. The molecule has 3 unspecified atom stereocenters. The number of carboxylic acid groups (broad SMARTS) is 1. The van der Waals surface area contributed by atoms with E-state index in [0.717, 1.165) is 61.0 Å². The smallest absolute Gasteiger partial charge is 0.306 e. The summed E-state index contributed by atoms with van der Waals surface area (Å²) in [7, 11) is 0. The number of rotatable bonds is 6. The highest BCUT2D eigenvalue weighted by Crippen LogP contribution is 2.44. The van der Waals surface area contributed by atoms with E-state index in [-0.39, 0.29) is 18.1 Å². The average molecular weight is 470 g/mol. The van der Waals surface area contributed by atoms with Crippen molar-refractivity contribution in [3.05, 3.63) is 40.9 Å². The maximum Gasteiger partial charge on any atom is 0.306 e. The first kappa shape index (κ1) is 23.0. The van der Waals surface area contributed by atoms with Crippen LogP contribution in [0.3, 0.4) is 0 Å². The van der Waals surface area contributed by atoms with Gasteiger partial charge in [-0.3, -0.25) is 9.69 Å². The van der Waals surface area contributed by atoms with Crippen LogP contribution in [0.15, 0.2) is 30.3 Å². The van der Waals surface area contributed by atoms with E-state index in [0.29, 0.717) is 17.1 Å². The summed E-state index contributed by atoms with van der Waals surface area (Å²) in [6, 6.07) is 11.8. The Morgan fingerprint density at radius 3 is 2.42 bits per heavy atom. The van der Waals surface area contributed by atoms with Crippen LogP contribution in [-0.4, -0.2) is 34.2 Å². The van der Waals surface area contributed by atoms with E-state index in [1.807, 2.05) is 6.07 Å². The standard InChI is InChI=1S/C28H36ClNO3/c1-3-18-4-10-24(11-5-18)33-26-13-7-20-14-19(6-12-25(20)27(26)29)17(2)30-22-8-9-23(30)16-21(15-22)28(31)32/h6-7,12-14,17-18,21-24H,3-5,8-11,15-16H2,1-2H3,(H,31,32)/t17?,18-,21?,22?,23?,24+. The molecule has 33 heavy (non-hydrogen) atoms. The Morgan fingerprint density at radius 2 is 1.79 bits per heavy atom. The van der Waals surface area contributed by atoms with Crippen molar-refractivity contribution in [1.29, 1.82) is 0 Å². The molecule has 2 heterocycles. The Kier molecular flexibility index (Phi) is 6.59. The molecule has 2 aromatic rings. The van der Waals surface area contributed by atoms with Crippen molar-refractivity contribution in [2.24, 2.45) is 11.8 Å². The van der Waals surface area contributed by atoms with E-state index in [9.17, 15) is 9.90 Å². The largest absolute Gasteiger partial charge is 0.489 e. The van der Waals surface area contributed by atoms with Crippen LogP contribution >= 0.6 is 11.6 Å². The minimum Gasteiger partial charge on any atom is -0.489 e. The third-order valence-corrected chi connectivity index (χ3v) is 9.07. The van der Waals surface area contributed by atoms with Crippen LogP contribution in [0.5, 0.6) is 5.75 Å². The zero-order valence-electron chi connectivity index (χ0n) is 19.8. The van der Waals surface area contributed by atoms with E-state index in [1.165, 1.54) is 24.8 Å². The molecule has 5 heteroatoms. The first-order chi connectivity index (χ1) is 15.9. The number of fused-ring (bicyclic) bond motifs is 3. The van der Waals surface area contributed by atoms with E-state index in [4.69, 9.17) is 16.3 Å². The van der Waals surface area contributed by atoms with Gasteiger partial charge in [-0.15, -0.1) is 0 Å². The predicted octanol–water partition coefficient (Wildman–Crippen LogP) is 7.23. The molecule has 2 bridgehead atoms. The first-order valence-corrected chi connectivity index (χ1v) is 13.2. The van der Waals surface area contributed by atoms with Crippen LogP contribution < -0.4 is 4.74 Å². The summed E-state index contributed by atoms with van der Waals surface area (Å²) in [5, 5.41) is 12.4. The number of piperidine rings is 1. The van der Waals surface area contributed by atoms with Crippen molar-refractivity contribution in [3.63, 3.8) is 0 Å². The normalized spacial score (nSPS) is 30.9. The lowest BCUT2D eigenvalue weighted by atomic mass is 9.86. The van der Waals surface area contributed by atoms with Gasteiger partial charge in [0.1, 0.15) is 5.75 Å². The molecule has 1 N–H and O–H groups in total. The summed E-state index contributed by atoms with van der Waals surface area (Å²) in [6.07, 6.45) is 10.0. The molecule has 1 aliphatic carbocycles. The van der Waals surface area contributed by atoms with E-state index in [1.54, 1.807) is 0 Å². The zero-order valence-corrected chi connectivity index (χ0v) is 20.6. The highest BCUT2D eigenvalue weighted by molar-refractivity contribution is 6.37. The molecule has 0 aromatic heterocycles. The summed E-state index contributed by atoms with van der Waals surface area (Å²) in [5.41, 5.74) is 1.27. The number of ether oxygens (including phenoxy) is 1. The number of nitrogens with zero attached hydrogens (tertiary/aromatic N) is 1. The molecule has 0 spiro atoms. The SMILES string of the molecule is CC[C@H]1CC[C@@H](Oc2ccc3cc(C(C)N4C5CCC4CC(C(=O)O)C5)ccc3c2Cl)CC1. The third-order valence-electron chi connectivity index (χ3n) is 8.68. The van der Waals surface area contributed by atoms with Crippen LogP contribution in [0.25, 0.3) is 10.8 Å². The van der Waals surface area contributed by atoms with Gasteiger partial charge in [-0.1, -0.05) is 43.1 Å². The maximum absolute atomic E-state index is 11.5. The lowest BCUT2D eigenvalue weighted by Crippen LogP contribution is -2.45. The monoisotopic (exact) mass is 469 g/mol. The van der Waals surface area contributed by atoms with Gasteiger partial charge in [0.05, 0.1) is 17.0 Å². The van der Waals surface area contributed by atoms with Gasteiger partial charge in [-0.2, -0.15) is 0 Å². The summed E-state index contributed by atoms with van der Waals surface area (Å²) in [5.74, 6) is 0.842. The summed E-state index contributed by atoms with van der Waals surface area (Å²) in [6.45, 7) is 4.54. The second-order valence-corrected chi connectivity index (χ2v) is 10.9. The molecule has 2 aliphatic heterocycles. The quantitative estimate of drug-likeness (QED) is 0.484. The lowest BCUT2D eigenvalue weighted by Gasteiger charge is -2.41. The van der Waals surface area contributed by atoms with Gasteiger partial charge >= 0.3 is 5.97 Å². The number of hydrogen-bond donors (Lipinski definition) is 1. The van der Waals surface area contributed by atoms with Gasteiger partial charge in [0.2, 0.25) is 0 Å². The first-order valence-electron chi connectivity index (χ1n) is 12.8. The molecule has 178 valence electrons. The number of aliphatic carboxylic acids is 1. The molecule has 0 radical (unpaired) electrons. The molecule has 3 fully saturated rings. The fraction of sp³-hybridized carbons (Fsp3) is 0.607. The van der Waals surface area contributed by atoms with Crippen molar-refractivity contribution in [1.82, 2.24) is 4.90 Å². The molecule has 4 nitrogen and oxygen atoms in total. The van der Waals surface area contributed by atoms with Crippen LogP contribution in [0, 0.1) is 11.8 Å². The van der Waals surface area contributed by atoms with E-state index < -0.39 is 5.97 Å². The van der Waals surface area contributed by atoms with Gasteiger partial charge in [0, 0.05) is 23.5 Å². The second-order valence-electron chi connectivity index (χ2n) is 10.5. The van der Waals surface area contributed by atoms with Gasteiger partial charge in [0.25, 0.3) is 0 Å². The number of benzene rings is 2. The van der Waals surface area contributed by atoms with Crippen molar-refractivity contribution in [3.8, 4) is 5.75 Å². The molecular formula is C28H36ClNO3. The molecule has 2 aromatic carbocycles. The van der Waals surface area contributed by atoms with Crippen LogP contribution in [0.2, 0.25) is 5.02 Å². The van der Waals surface area contributed by atoms with Crippen LogP contribution in [-0.2, 0) is 4.79 Å². The molecule has 3 atom stereocenters. The number of carboxylic acids is 1. The Balaban J connectivity index is 1.32. The summed E-state index contributed by atoms with van der Waals surface area (Å²) < 4.78 is 6.34. The van der Waals surface area contributed by atoms with Crippen LogP contribution in [0.4, 0.5) is 0 Å². The molecular weight excluding hydrogens is 434 g/mol. The fourth-order valence-corrected chi connectivity index (χ4v) is 6.98. The van der Waals surface area contributed by atoms with Crippen molar-refractivity contribution < 1.29 is 14.6 Å². The van der Waals surface area contributed by atoms with Gasteiger partial charge in [0.15, 0.2) is 0 Å². The van der Waals surface area contributed by atoms with Crippen molar-refractivity contribution >= 4 is 28.3 Å². The average Bonchev–Trinajstić information content (AvgIpc) is 3.09. The number of hydrogen-bond acceptors (Lipinski definition) is 3. The zero-order chi connectivity index (χ0) is 23.1. The topological polar surface area (TPSA) is 49.8 Å². The minimum absolute atomic E-state index is 0.184. The molecule has 5 rings (SSSR count). The maximum atomic E-state index is 11.5. The van der Waals surface area contributed by atoms with Crippen LogP contribution in [0.1, 0.15) is 83.2 Å². The Morgan fingerprint density at radius 1 is 1.09 bits per heavy atom. The second kappa shape index (κ2) is 9.46. The summed E-state index contributed by atoms with van der Waals surface area (Å²) >= 11 is 6.81. The molecule has 0 amide bonds. The third kappa shape index (κ3) is 4.49. The number of halogens is 1. The fourth-order valence-electron chi connectivity index (χ4n) is 6.70. The highest BCUT2D eigenvalue weighted by atomic mass is 35.5. The molecule has 2 saturated heterocycles. The molecule has 1 saturated carbocycles. The van der Waals surface area contributed by atoms with Gasteiger partial charge in [-0.05, 0) is 87.3 Å². The Bertz CT molecular complexity index is 1000. The van der Waals surface area contributed by atoms with Crippen molar-refractivity contribution in [2.75, 3.05) is 0 Å².